The number of unbranched alkanes of at least 4 members (excludes halogenated alkanes) is 1. The molecule has 0 spiro atoms. The van der Waals surface area contributed by atoms with Gasteiger partial charge in [-0.2, -0.15) is 0 Å². The normalized spacial score (nSPS) is 19.3. The Morgan fingerprint density at radius 2 is 1.44 bits per heavy atom. The summed E-state index contributed by atoms with van der Waals surface area (Å²) in [5.41, 5.74) is 7.44. The van der Waals surface area contributed by atoms with Crippen LogP contribution in [0.25, 0.3) is 11.1 Å². The monoisotopic (exact) mass is 891 g/mol. The van der Waals surface area contributed by atoms with Crippen LogP contribution >= 0.6 is 23.2 Å². The van der Waals surface area contributed by atoms with Gasteiger partial charge in [-0.3, -0.25) is 14.5 Å². The number of benzene rings is 3. The number of carboxylic acids is 1. The van der Waals surface area contributed by atoms with Gasteiger partial charge in [0.05, 0.1) is 38.4 Å². The maximum absolute atomic E-state index is 13.9. The molecular weight excluding hydrogens is 837 g/mol. The van der Waals surface area contributed by atoms with Crippen LogP contribution in [-0.4, -0.2) is 66.3 Å². The van der Waals surface area contributed by atoms with Gasteiger partial charge >= 0.3 is 5.97 Å². The van der Waals surface area contributed by atoms with E-state index in [1.807, 2.05) is 47.5 Å². The van der Waals surface area contributed by atoms with Gasteiger partial charge in [-0.25, -0.2) is 14.8 Å². The molecule has 1 aliphatic heterocycles. The highest BCUT2D eigenvalue weighted by Crippen LogP contribution is 2.62. The van der Waals surface area contributed by atoms with Gasteiger partial charge in [0.2, 0.25) is 0 Å². The summed E-state index contributed by atoms with van der Waals surface area (Å²) < 4.78 is 3.75. The smallest absolute Gasteiger partial charge is 0.335 e. The zero-order chi connectivity index (χ0) is 44.5. The highest BCUT2D eigenvalue weighted by Gasteiger charge is 2.53. The predicted molar refractivity (Wildman–Crippen MR) is 246 cm³/mol. The molecule has 0 unspecified atom stereocenters. The maximum Gasteiger partial charge on any atom is 0.335 e. The van der Waals surface area contributed by atoms with Crippen molar-refractivity contribution >= 4 is 58.6 Å². The van der Waals surface area contributed by atoms with E-state index < -0.39 is 11.9 Å². The number of aromatic nitrogens is 4. The Hall–Kier alpha value is -5.30. The van der Waals surface area contributed by atoms with Gasteiger partial charge in [0.25, 0.3) is 11.8 Å². The zero-order valence-electron chi connectivity index (χ0n) is 36.2. The van der Waals surface area contributed by atoms with E-state index in [9.17, 15) is 24.3 Å². The molecule has 2 aromatic heterocycles. The van der Waals surface area contributed by atoms with E-state index in [1.165, 1.54) is 6.29 Å². The van der Waals surface area contributed by atoms with E-state index in [0.29, 0.717) is 50.3 Å². The number of carbonyl (C=O) groups excluding carboxylic acids is 3. The van der Waals surface area contributed by atoms with Crippen LogP contribution in [0.15, 0.2) is 60.7 Å². The number of fused-ring (bicyclic) bond motifs is 3. The number of imidazole rings is 2. The number of carbonyl (C=O) groups is 4. The van der Waals surface area contributed by atoms with Gasteiger partial charge in [0.15, 0.2) is 11.6 Å². The van der Waals surface area contributed by atoms with E-state index in [2.05, 4.69) is 22.5 Å². The molecule has 8 rings (SSSR count). The summed E-state index contributed by atoms with van der Waals surface area (Å²) >= 11 is 14.0. The number of anilines is 2. The Morgan fingerprint density at radius 3 is 2.03 bits per heavy atom. The maximum atomic E-state index is 13.9. The minimum Gasteiger partial charge on any atom is -0.478 e. The average Bonchev–Trinajstić information content (AvgIpc) is 4.03. The summed E-state index contributed by atoms with van der Waals surface area (Å²) in [6.45, 7) is 4.31. The molecule has 2 aliphatic carbocycles. The average molecular weight is 893 g/mol. The van der Waals surface area contributed by atoms with Crippen molar-refractivity contribution in [2.45, 2.75) is 96.9 Å². The van der Waals surface area contributed by atoms with Gasteiger partial charge in [0.1, 0.15) is 6.29 Å². The van der Waals surface area contributed by atoms with Crippen molar-refractivity contribution in [3.8, 4) is 11.1 Å². The number of nitrogens with one attached hydrogen (secondary N) is 2. The summed E-state index contributed by atoms with van der Waals surface area (Å²) in [6, 6.07) is 17.6. The Labute approximate surface area is 378 Å². The van der Waals surface area contributed by atoms with Crippen molar-refractivity contribution < 1.29 is 24.3 Å². The molecule has 330 valence electrons. The Morgan fingerprint density at radius 1 is 0.810 bits per heavy atom. The molecule has 3 heterocycles. The Kier molecular flexibility index (Phi) is 13.0. The number of carboxylic acid groups (broad SMARTS) is 1. The molecule has 3 aliphatic rings. The Bertz CT molecular complexity index is 2550. The third-order valence-corrected chi connectivity index (χ3v) is 14.7. The predicted octanol–water partition coefficient (Wildman–Crippen LogP) is 9.75. The van der Waals surface area contributed by atoms with E-state index >= 15 is 0 Å². The Balaban J connectivity index is 0.914. The summed E-state index contributed by atoms with van der Waals surface area (Å²) in [7, 11) is 3.74. The molecule has 2 fully saturated rings. The molecule has 2 saturated carbocycles. The van der Waals surface area contributed by atoms with E-state index in [4.69, 9.17) is 33.2 Å². The zero-order valence-corrected chi connectivity index (χ0v) is 37.7. The van der Waals surface area contributed by atoms with Gasteiger partial charge < -0.3 is 29.7 Å². The molecule has 2 amide bonds. The van der Waals surface area contributed by atoms with Crippen LogP contribution in [0.2, 0.25) is 10.0 Å². The lowest BCUT2D eigenvalue weighted by Gasteiger charge is -2.26. The first-order chi connectivity index (χ1) is 30.3. The van der Waals surface area contributed by atoms with Crippen molar-refractivity contribution in [3.63, 3.8) is 0 Å². The van der Waals surface area contributed by atoms with Crippen LogP contribution in [0.1, 0.15) is 125 Å². The molecule has 0 atom stereocenters. The van der Waals surface area contributed by atoms with Crippen LogP contribution in [0.5, 0.6) is 0 Å². The molecule has 0 saturated heterocycles. The van der Waals surface area contributed by atoms with Crippen LogP contribution in [0.3, 0.4) is 0 Å². The molecule has 3 aromatic carbocycles. The number of aryl methyl sites for hydroxylation is 1. The SMILES string of the molecule is CCCc1c(CCCCC23CCC(C=O)(CC2)C3)nc(C(=O)Nc2cccc(-c3cccc(NC(=O)c4nc5c(n4C)CCN(CCc4ccc(C(=O)O)cc4)C5)c3Cl)c2Cl)n1C. The number of hydrogen-bond acceptors (Lipinski definition) is 7. The molecule has 14 heteroatoms. The summed E-state index contributed by atoms with van der Waals surface area (Å²) in [5, 5.41) is 15.8. The van der Waals surface area contributed by atoms with Gasteiger partial charge in [-0.1, -0.05) is 79.4 Å². The number of hydrogen-bond donors (Lipinski definition) is 3. The second-order valence-corrected chi connectivity index (χ2v) is 18.7. The van der Waals surface area contributed by atoms with Gasteiger partial charge in [0, 0.05) is 68.1 Å². The number of halogens is 2. The molecule has 2 bridgehead atoms. The summed E-state index contributed by atoms with van der Waals surface area (Å²) in [5.74, 6) is -1.09. The minimum absolute atomic E-state index is 0.0638. The van der Waals surface area contributed by atoms with Gasteiger partial charge in [-0.05, 0) is 99.5 Å². The third-order valence-electron chi connectivity index (χ3n) is 13.9. The third kappa shape index (κ3) is 9.08. The van der Waals surface area contributed by atoms with Crippen molar-refractivity contribution in [1.82, 2.24) is 24.0 Å². The molecule has 0 radical (unpaired) electrons. The van der Waals surface area contributed by atoms with Crippen molar-refractivity contribution in [2.24, 2.45) is 24.9 Å². The largest absolute Gasteiger partial charge is 0.478 e. The lowest BCUT2D eigenvalue weighted by molar-refractivity contribution is -0.115. The van der Waals surface area contributed by atoms with Crippen molar-refractivity contribution in [3.05, 3.63) is 116 Å². The first kappa shape index (κ1) is 44.3. The second kappa shape index (κ2) is 18.4. The fourth-order valence-corrected chi connectivity index (χ4v) is 10.9. The van der Waals surface area contributed by atoms with E-state index in [-0.39, 0.29) is 22.7 Å². The summed E-state index contributed by atoms with van der Waals surface area (Å²) in [6.07, 6.45) is 13.9. The topological polar surface area (TPSA) is 151 Å². The second-order valence-electron chi connectivity index (χ2n) is 17.9. The number of aromatic carboxylic acids is 1. The first-order valence-electron chi connectivity index (χ1n) is 22.1. The number of amides is 2. The number of nitrogens with zero attached hydrogens (tertiary/aromatic N) is 5. The summed E-state index contributed by atoms with van der Waals surface area (Å²) in [4.78, 5) is 62.6. The highest BCUT2D eigenvalue weighted by molar-refractivity contribution is 6.40. The minimum atomic E-state index is -0.942. The van der Waals surface area contributed by atoms with E-state index in [0.717, 1.165) is 125 Å². The molecule has 3 N–H and O–H groups in total. The van der Waals surface area contributed by atoms with E-state index in [1.54, 1.807) is 36.4 Å². The molecular formula is C49H55Cl2N7O5. The fourth-order valence-electron chi connectivity index (χ4n) is 10.3. The number of aldehydes is 1. The molecule has 12 nitrogen and oxygen atoms in total. The van der Waals surface area contributed by atoms with Gasteiger partial charge in [-0.15, -0.1) is 0 Å². The molecule has 63 heavy (non-hydrogen) atoms. The van der Waals surface area contributed by atoms with Crippen LogP contribution in [-0.2, 0) is 51.1 Å². The fraction of sp³-hybridized carbons (Fsp3) is 0.429. The van der Waals surface area contributed by atoms with Crippen LogP contribution in [0.4, 0.5) is 11.4 Å². The number of rotatable bonds is 17. The highest BCUT2D eigenvalue weighted by atomic mass is 35.5. The quantitative estimate of drug-likeness (QED) is 0.0617. The standard InChI is InChI=1S/C49H55Cl2N7O5/c1-4-9-39-35(12-5-6-21-48-22-24-49(29-48,30-59)25-23-48)52-43(56(39)2)45(60)54-36-13-7-10-33(41(36)50)34-11-8-14-37(42(34)51)55-46(61)44-53-38-28-58(27-20-40(38)57(44)3)26-19-31-15-17-32(18-16-31)47(62)63/h7-8,10-11,13-18,30H,4-6,9,12,19-29H2,1-3H3,(H,54,60)(H,55,61)(H,62,63). The van der Waals surface area contributed by atoms with Crippen LogP contribution < -0.4 is 10.6 Å². The first-order valence-corrected chi connectivity index (χ1v) is 22.9. The van der Waals surface area contributed by atoms with Crippen molar-refractivity contribution in [2.75, 3.05) is 23.7 Å². The van der Waals surface area contributed by atoms with Crippen LogP contribution in [0, 0.1) is 10.8 Å². The molecule has 5 aromatic rings. The lowest BCUT2D eigenvalue weighted by atomic mass is 9.79. The van der Waals surface area contributed by atoms with Crippen molar-refractivity contribution in [1.29, 1.82) is 0 Å². The lowest BCUT2D eigenvalue weighted by Crippen LogP contribution is -2.32.